The van der Waals surface area contributed by atoms with Gasteiger partial charge in [0.1, 0.15) is 0 Å². The minimum atomic E-state index is -4.55. The molecule has 2 aromatic carbocycles. The van der Waals surface area contributed by atoms with Crippen molar-refractivity contribution < 1.29 is 31.4 Å². The molecular weight excluding hydrogens is 472 g/mol. The molecule has 1 aliphatic carbocycles. The average Bonchev–Trinajstić information content (AvgIpc) is 2.77. The zero-order valence-electron chi connectivity index (χ0n) is 18.3. The number of aliphatic hydroxyl groups excluding tert-OH is 1. The smallest absolute Gasteiger partial charge is 0.416 e. The second kappa shape index (κ2) is 9.78. The average molecular weight is 493 g/mol. The quantitative estimate of drug-likeness (QED) is 0.375. The molecule has 2 unspecified atom stereocenters. The van der Waals surface area contributed by atoms with E-state index in [0.29, 0.717) is 11.1 Å². The van der Waals surface area contributed by atoms with Crippen LogP contribution in [0, 0.1) is 17.2 Å². The van der Waals surface area contributed by atoms with Crippen LogP contribution in [0.3, 0.4) is 0 Å². The highest BCUT2D eigenvalue weighted by atomic mass is 19.4. The number of anilines is 1. The fourth-order valence-electron chi connectivity index (χ4n) is 3.86. The van der Waals surface area contributed by atoms with E-state index >= 15 is 0 Å². The SMILES string of the molecule is C=C(Nc1cccc(C(F)(F)F)c1)NC(C1=C(O)CC(C(F)(F)F)CC1=C)c1ccc(C#N)cc1. The second-order valence-corrected chi connectivity index (χ2v) is 8.10. The number of nitriles is 1. The molecule has 2 atom stereocenters. The zero-order valence-corrected chi connectivity index (χ0v) is 18.3. The summed E-state index contributed by atoms with van der Waals surface area (Å²) >= 11 is 0. The van der Waals surface area contributed by atoms with Gasteiger partial charge in [0.15, 0.2) is 0 Å². The monoisotopic (exact) mass is 493 g/mol. The molecule has 0 amide bonds. The Labute approximate surface area is 197 Å². The van der Waals surface area contributed by atoms with Gasteiger partial charge in [0.2, 0.25) is 0 Å². The molecule has 0 aliphatic heterocycles. The largest absolute Gasteiger partial charge is 0.512 e. The second-order valence-electron chi connectivity index (χ2n) is 8.10. The third-order valence-electron chi connectivity index (χ3n) is 5.55. The third-order valence-corrected chi connectivity index (χ3v) is 5.55. The summed E-state index contributed by atoms with van der Waals surface area (Å²) in [5, 5.41) is 25.3. The van der Waals surface area contributed by atoms with Crippen molar-refractivity contribution in [2.24, 2.45) is 5.92 Å². The van der Waals surface area contributed by atoms with Crippen LogP contribution in [0.25, 0.3) is 0 Å². The summed E-state index contributed by atoms with van der Waals surface area (Å²) < 4.78 is 78.9. The molecule has 0 radical (unpaired) electrons. The van der Waals surface area contributed by atoms with Crippen molar-refractivity contribution in [3.63, 3.8) is 0 Å². The van der Waals surface area contributed by atoms with E-state index in [9.17, 15) is 31.4 Å². The standard InChI is InChI=1S/C25H21F6N3O/c1-14-10-19(25(29,30)31)12-21(35)22(14)23(17-8-6-16(13-32)7-9-17)34-15(2)33-20-5-3-4-18(11-20)24(26,27)28/h3-9,11,19,23,33-35H,1-2,10,12H2. The predicted octanol–water partition coefficient (Wildman–Crippen LogP) is 7.13. The van der Waals surface area contributed by atoms with Crippen LogP contribution in [0.2, 0.25) is 0 Å². The Bertz CT molecular complexity index is 1190. The minimum Gasteiger partial charge on any atom is -0.512 e. The topological polar surface area (TPSA) is 68.1 Å². The van der Waals surface area contributed by atoms with E-state index in [0.717, 1.165) is 12.1 Å². The van der Waals surface area contributed by atoms with Gasteiger partial charge in [-0.3, -0.25) is 0 Å². The summed E-state index contributed by atoms with van der Waals surface area (Å²) in [7, 11) is 0. The summed E-state index contributed by atoms with van der Waals surface area (Å²) in [5.41, 5.74) is 0.203. The van der Waals surface area contributed by atoms with Gasteiger partial charge in [0, 0.05) is 17.7 Å². The minimum absolute atomic E-state index is 0.0322. The highest BCUT2D eigenvalue weighted by Gasteiger charge is 2.44. The lowest BCUT2D eigenvalue weighted by atomic mass is 9.80. The van der Waals surface area contributed by atoms with Gasteiger partial charge in [-0.1, -0.05) is 31.4 Å². The first-order chi connectivity index (χ1) is 16.3. The number of rotatable bonds is 6. The molecule has 0 bridgehead atoms. The molecule has 4 nitrogen and oxygen atoms in total. The molecule has 10 heteroatoms. The first kappa shape index (κ1) is 25.7. The van der Waals surface area contributed by atoms with E-state index in [1.165, 1.54) is 24.3 Å². The summed E-state index contributed by atoms with van der Waals surface area (Å²) in [5.74, 6) is -2.26. The Balaban J connectivity index is 1.93. The number of hydrogen-bond acceptors (Lipinski definition) is 4. The van der Waals surface area contributed by atoms with Crippen molar-refractivity contribution in [1.29, 1.82) is 5.26 Å². The first-order valence-electron chi connectivity index (χ1n) is 10.4. The summed E-state index contributed by atoms with van der Waals surface area (Å²) in [6, 6.07) is 11.5. The van der Waals surface area contributed by atoms with Crippen LogP contribution in [0.15, 0.2) is 84.4 Å². The van der Waals surface area contributed by atoms with Gasteiger partial charge >= 0.3 is 12.4 Å². The van der Waals surface area contributed by atoms with Gasteiger partial charge in [0.05, 0.1) is 40.7 Å². The van der Waals surface area contributed by atoms with Crippen LogP contribution in [0.4, 0.5) is 32.0 Å². The summed E-state index contributed by atoms with van der Waals surface area (Å²) in [6.07, 6.45) is -10.1. The molecule has 1 aliphatic rings. The number of halogens is 6. The van der Waals surface area contributed by atoms with E-state index in [4.69, 9.17) is 5.26 Å². The Morgan fingerprint density at radius 2 is 1.71 bits per heavy atom. The van der Waals surface area contributed by atoms with Gasteiger partial charge in [-0.15, -0.1) is 0 Å². The number of nitrogens with zero attached hydrogens (tertiary/aromatic N) is 1. The van der Waals surface area contributed by atoms with Crippen LogP contribution in [0.5, 0.6) is 0 Å². The summed E-state index contributed by atoms with van der Waals surface area (Å²) in [4.78, 5) is 0. The van der Waals surface area contributed by atoms with E-state index in [2.05, 4.69) is 23.8 Å². The molecule has 0 fully saturated rings. The van der Waals surface area contributed by atoms with Crippen molar-refractivity contribution in [3.8, 4) is 6.07 Å². The molecular formula is C25H21F6N3O. The molecule has 3 N–H and O–H groups in total. The Morgan fingerprint density at radius 3 is 2.26 bits per heavy atom. The molecule has 0 heterocycles. The van der Waals surface area contributed by atoms with Crippen molar-refractivity contribution in [1.82, 2.24) is 5.32 Å². The van der Waals surface area contributed by atoms with Crippen molar-refractivity contribution >= 4 is 5.69 Å². The normalized spacial score (nSPS) is 17.5. The van der Waals surface area contributed by atoms with Crippen LogP contribution in [-0.4, -0.2) is 11.3 Å². The predicted molar refractivity (Wildman–Crippen MR) is 119 cm³/mol. The fourth-order valence-corrected chi connectivity index (χ4v) is 3.86. The fraction of sp³-hybridized carbons (Fsp3) is 0.240. The van der Waals surface area contributed by atoms with E-state index in [1.54, 1.807) is 12.1 Å². The van der Waals surface area contributed by atoms with Crippen LogP contribution in [0.1, 0.15) is 35.6 Å². The first-order valence-corrected chi connectivity index (χ1v) is 10.4. The zero-order chi connectivity index (χ0) is 26.0. The lowest BCUT2D eigenvalue weighted by Gasteiger charge is -2.33. The highest BCUT2D eigenvalue weighted by Crippen LogP contribution is 2.45. The van der Waals surface area contributed by atoms with Gasteiger partial charge in [-0.05, 0) is 47.9 Å². The number of aliphatic hydroxyl groups is 1. The number of hydrogen-bond donors (Lipinski definition) is 3. The van der Waals surface area contributed by atoms with Gasteiger partial charge in [0.25, 0.3) is 0 Å². The van der Waals surface area contributed by atoms with Crippen molar-refractivity contribution in [2.45, 2.75) is 31.2 Å². The van der Waals surface area contributed by atoms with E-state index in [-0.39, 0.29) is 22.7 Å². The molecule has 2 aromatic rings. The van der Waals surface area contributed by atoms with Crippen LogP contribution in [-0.2, 0) is 6.18 Å². The molecule has 0 saturated carbocycles. The van der Waals surface area contributed by atoms with E-state index in [1.807, 2.05) is 6.07 Å². The van der Waals surface area contributed by atoms with Crippen LogP contribution >= 0.6 is 0 Å². The van der Waals surface area contributed by atoms with Gasteiger partial charge in [-0.2, -0.15) is 31.6 Å². The lowest BCUT2D eigenvalue weighted by molar-refractivity contribution is -0.176. The number of allylic oxidation sites excluding steroid dienone is 1. The molecule has 0 aromatic heterocycles. The molecule has 184 valence electrons. The summed E-state index contributed by atoms with van der Waals surface area (Å²) in [6.45, 7) is 7.50. The Hall–Kier alpha value is -3.87. The third kappa shape index (κ3) is 6.18. The van der Waals surface area contributed by atoms with Crippen LogP contribution < -0.4 is 10.6 Å². The number of alkyl halides is 6. The lowest BCUT2D eigenvalue weighted by Crippen LogP contribution is -2.32. The van der Waals surface area contributed by atoms with E-state index < -0.39 is 48.5 Å². The highest BCUT2D eigenvalue weighted by molar-refractivity contribution is 5.51. The number of nitrogens with one attached hydrogen (secondary N) is 2. The molecule has 0 spiro atoms. The van der Waals surface area contributed by atoms with Crippen molar-refractivity contribution in [3.05, 3.63) is 101 Å². The maximum absolute atomic E-state index is 13.3. The maximum Gasteiger partial charge on any atom is 0.416 e. The maximum atomic E-state index is 13.3. The van der Waals surface area contributed by atoms with Gasteiger partial charge in [-0.25, -0.2) is 0 Å². The molecule has 3 rings (SSSR count). The Kier molecular flexibility index (Phi) is 7.19. The van der Waals surface area contributed by atoms with Crippen molar-refractivity contribution in [2.75, 3.05) is 5.32 Å². The number of benzene rings is 2. The van der Waals surface area contributed by atoms with Gasteiger partial charge < -0.3 is 15.7 Å². The molecule has 35 heavy (non-hydrogen) atoms. The Morgan fingerprint density at radius 1 is 1.06 bits per heavy atom. The molecule has 0 saturated heterocycles.